The molecule has 1 N–H and O–H groups in total. The van der Waals surface area contributed by atoms with E-state index in [4.69, 9.17) is 9.47 Å². The van der Waals surface area contributed by atoms with Gasteiger partial charge in [-0.25, -0.2) is 4.79 Å². The first-order valence-corrected chi connectivity index (χ1v) is 8.16. The van der Waals surface area contributed by atoms with Crippen LogP contribution in [0.3, 0.4) is 0 Å². The molecule has 1 aromatic carbocycles. The average molecular weight is 302 g/mol. The van der Waals surface area contributed by atoms with Crippen LogP contribution < -0.4 is 5.32 Å². The highest BCUT2D eigenvalue weighted by Crippen LogP contribution is 2.34. The SMILES string of the molecule is CCc1c([C@H]2CN3CCNC[C@H]3CO2)ccc2c1COC2=O. The standard InChI is InChI=1S/C17H22N2O3/c1-2-12-13(3-4-14-15(12)10-22-17(14)20)16-8-19-6-5-18-7-11(19)9-21-16/h3-4,11,16,18H,2,5-10H2,1H3/t11-,16+/m0/s1. The van der Waals surface area contributed by atoms with Crippen molar-refractivity contribution in [2.45, 2.75) is 32.1 Å². The van der Waals surface area contributed by atoms with Gasteiger partial charge in [0.25, 0.3) is 0 Å². The fraction of sp³-hybridized carbons (Fsp3) is 0.588. The van der Waals surface area contributed by atoms with E-state index in [1.54, 1.807) is 0 Å². The second-order valence-corrected chi connectivity index (χ2v) is 6.26. The van der Waals surface area contributed by atoms with Crippen LogP contribution in [0.4, 0.5) is 0 Å². The Kier molecular flexibility index (Phi) is 3.64. The van der Waals surface area contributed by atoms with Crippen molar-refractivity contribution in [3.63, 3.8) is 0 Å². The number of morpholine rings is 1. The number of ether oxygens (including phenoxy) is 2. The first kappa shape index (κ1) is 14.2. The van der Waals surface area contributed by atoms with Gasteiger partial charge in [0.05, 0.1) is 18.3 Å². The molecule has 1 aromatic rings. The summed E-state index contributed by atoms with van der Waals surface area (Å²) in [6.07, 6.45) is 1.00. The van der Waals surface area contributed by atoms with Crippen molar-refractivity contribution in [1.29, 1.82) is 0 Å². The number of hydrogen-bond acceptors (Lipinski definition) is 5. The maximum atomic E-state index is 11.7. The molecule has 5 nitrogen and oxygen atoms in total. The van der Waals surface area contributed by atoms with Gasteiger partial charge in [-0.3, -0.25) is 4.90 Å². The summed E-state index contributed by atoms with van der Waals surface area (Å²) >= 11 is 0. The number of piperazine rings is 1. The van der Waals surface area contributed by atoms with E-state index in [1.807, 2.05) is 6.07 Å². The molecule has 22 heavy (non-hydrogen) atoms. The van der Waals surface area contributed by atoms with Gasteiger partial charge in [-0.1, -0.05) is 13.0 Å². The molecule has 2 fully saturated rings. The minimum Gasteiger partial charge on any atom is -0.457 e. The van der Waals surface area contributed by atoms with Crippen molar-refractivity contribution >= 4 is 5.97 Å². The van der Waals surface area contributed by atoms with E-state index in [-0.39, 0.29) is 12.1 Å². The quantitative estimate of drug-likeness (QED) is 0.834. The lowest BCUT2D eigenvalue weighted by Gasteiger charge is -2.43. The lowest BCUT2D eigenvalue weighted by Crippen LogP contribution is -2.57. The Balaban J connectivity index is 1.64. The number of nitrogens with one attached hydrogen (secondary N) is 1. The Morgan fingerprint density at radius 1 is 1.41 bits per heavy atom. The predicted octanol–water partition coefficient (Wildman–Crippen LogP) is 1.26. The number of esters is 1. The fourth-order valence-electron chi connectivity index (χ4n) is 3.89. The van der Waals surface area contributed by atoms with Crippen LogP contribution in [0.5, 0.6) is 0 Å². The van der Waals surface area contributed by atoms with Crippen molar-refractivity contribution in [2.75, 3.05) is 32.8 Å². The van der Waals surface area contributed by atoms with Crippen molar-refractivity contribution in [2.24, 2.45) is 0 Å². The molecular formula is C17H22N2O3. The van der Waals surface area contributed by atoms with Gasteiger partial charge in [0.2, 0.25) is 0 Å². The Morgan fingerprint density at radius 3 is 3.18 bits per heavy atom. The van der Waals surface area contributed by atoms with Crippen LogP contribution in [0.15, 0.2) is 12.1 Å². The lowest BCUT2D eigenvalue weighted by molar-refractivity contribution is -0.0721. The minimum atomic E-state index is -0.192. The third-order valence-corrected chi connectivity index (χ3v) is 5.10. The lowest BCUT2D eigenvalue weighted by atomic mass is 9.91. The normalized spacial score (nSPS) is 28.1. The number of nitrogens with zero attached hydrogens (tertiary/aromatic N) is 1. The van der Waals surface area contributed by atoms with Crippen molar-refractivity contribution in [1.82, 2.24) is 10.2 Å². The summed E-state index contributed by atoms with van der Waals surface area (Å²) in [6, 6.07) is 4.47. The van der Waals surface area contributed by atoms with Crippen LogP contribution in [0.2, 0.25) is 0 Å². The molecule has 3 aliphatic heterocycles. The number of cyclic esters (lactones) is 1. The number of benzene rings is 1. The maximum Gasteiger partial charge on any atom is 0.338 e. The van der Waals surface area contributed by atoms with Crippen LogP contribution in [0.25, 0.3) is 0 Å². The summed E-state index contributed by atoms with van der Waals surface area (Å²) in [4.78, 5) is 14.3. The van der Waals surface area contributed by atoms with Crippen LogP contribution in [0, 0.1) is 0 Å². The van der Waals surface area contributed by atoms with Gasteiger partial charge in [-0.2, -0.15) is 0 Å². The summed E-state index contributed by atoms with van der Waals surface area (Å²) in [5, 5.41) is 3.42. The Labute approximate surface area is 130 Å². The van der Waals surface area contributed by atoms with E-state index in [1.165, 1.54) is 11.1 Å². The van der Waals surface area contributed by atoms with E-state index >= 15 is 0 Å². The molecule has 0 aromatic heterocycles. The highest BCUT2D eigenvalue weighted by Gasteiger charge is 2.34. The van der Waals surface area contributed by atoms with Gasteiger partial charge >= 0.3 is 5.97 Å². The minimum absolute atomic E-state index is 0.102. The summed E-state index contributed by atoms with van der Waals surface area (Å²) in [7, 11) is 0. The first-order chi connectivity index (χ1) is 10.8. The molecule has 0 unspecified atom stereocenters. The molecular weight excluding hydrogens is 280 g/mol. The zero-order chi connectivity index (χ0) is 15.1. The molecule has 0 bridgehead atoms. The van der Waals surface area contributed by atoms with Crippen molar-refractivity contribution in [3.05, 3.63) is 34.4 Å². The molecule has 4 rings (SSSR count). The number of rotatable bonds is 2. The third kappa shape index (κ3) is 2.24. The fourth-order valence-corrected chi connectivity index (χ4v) is 3.89. The van der Waals surface area contributed by atoms with E-state index in [0.29, 0.717) is 12.6 Å². The van der Waals surface area contributed by atoms with Gasteiger partial charge in [-0.15, -0.1) is 0 Å². The number of hydrogen-bond donors (Lipinski definition) is 1. The molecule has 3 aliphatic rings. The molecule has 2 saturated heterocycles. The predicted molar refractivity (Wildman–Crippen MR) is 81.9 cm³/mol. The number of carbonyl (C=O) groups excluding carboxylic acids is 1. The van der Waals surface area contributed by atoms with Gasteiger partial charge in [0.1, 0.15) is 6.61 Å². The highest BCUT2D eigenvalue weighted by atomic mass is 16.5. The van der Waals surface area contributed by atoms with E-state index in [2.05, 4.69) is 23.2 Å². The van der Waals surface area contributed by atoms with Gasteiger partial charge < -0.3 is 14.8 Å². The zero-order valence-corrected chi connectivity index (χ0v) is 12.9. The Bertz CT molecular complexity index is 602. The molecule has 0 saturated carbocycles. The molecule has 0 spiro atoms. The average Bonchev–Trinajstić information content (AvgIpc) is 2.95. The highest BCUT2D eigenvalue weighted by molar-refractivity contribution is 5.94. The molecule has 0 radical (unpaired) electrons. The number of carbonyl (C=O) groups is 1. The van der Waals surface area contributed by atoms with Crippen LogP contribution in [-0.4, -0.2) is 49.7 Å². The first-order valence-electron chi connectivity index (χ1n) is 8.16. The van der Waals surface area contributed by atoms with Crippen LogP contribution in [-0.2, 0) is 22.5 Å². The molecule has 5 heteroatoms. The van der Waals surface area contributed by atoms with Crippen molar-refractivity contribution < 1.29 is 14.3 Å². The molecule has 2 atom stereocenters. The van der Waals surface area contributed by atoms with Gasteiger partial charge in [0.15, 0.2) is 0 Å². The second-order valence-electron chi connectivity index (χ2n) is 6.26. The topological polar surface area (TPSA) is 50.8 Å². The summed E-state index contributed by atoms with van der Waals surface area (Å²) in [5.74, 6) is -0.192. The third-order valence-electron chi connectivity index (χ3n) is 5.10. The summed E-state index contributed by atoms with van der Waals surface area (Å²) < 4.78 is 11.4. The second kappa shape index (κ2) is 5.65. The largest absolute Gasteiger partial charge is 0.457 e. The molecule has 118 valence electrons. The monoisotopic (exact) mass is 302 g/mol. The van der Waals surface area contributed by atoms with E-state index < -0.39 is 0 Å². The molecule has 0 amide bonds. The molecule has 0 aliphatic carbocycles. The zero-order valence-electron chi connectivity index (χ0n) is 12.9. The van der Waals surface area contributed by atoms with Crippen molar-refractivity contribution in [3.8, 4) is 0 Å². The Hall–Kier alpha value is -1.43. The van der Waals surface area contributed by atoms with Crippen LogP contribution >= 0.6 is 0 Å². The summed E-state index contributed by atoms with van der Waals surface area (Å²) in [5.41, 5.74) is 4.27. The van der Waals surface area contributed by atoms with E-state index in [9.17, 15) is 4.79 Å². The number of fused-ring (bicyclic) bond motifs is 2. The van der Waals surface area contributed by atoms with Gasteiger partial charge in [-0.05, 0) is 23.6 Å². The molecule has 3 heterocycles. The smallest absolute Gasteiger partial charge is 0.338 e. The Morgan fingerprint density at radius 2 is 2.32 bits per heavy atom. The van der Waals surface area contributed by atoms with Gasteiger partial charge in [0, 0.05) is 37.8 Å². The van der Waals surface area contributed by atoms with E-state index in [0.717, 1.165) is 50.3 Å². The van der Waals surface area contributed by atoms with Crippen LogP contribution in [0.1, 0.15) is 40.1 Å². The summed E-state index contributed by atoms with van der Waals surface area (Å²) in [6.45, 7) is 7.40. The maximum absolute atomic E-state index is 11.7.